The summed E-state index contributed by atoms with van der Waals surface area (Å²) < 4.78 is 68.4. The molecule has 0 saturated carbocycles. The van der Waals surface area contributed by atoms with Crippen LogP contribution >= 0.6 is 55.1 Å². The zero-order valence-electron chi connectivity index (χ0n) is 18.7. The van der Waals surface area contributed by atoms with Crippen LogP contribution in [0.1, 0.15) is 49.6 Å². The van der Waals surface area contributed by atoms with Crippen molar-refractivity contribution in [2.24, 2.45) is 11.8 Å². The van der Waals surface area contributed by atoms with E-state index in [-0.39, 0.29) is 5.92 Å². The van der Waals surface area contributed by atoms with E-state index >= 15 is 0 Å². The van der Waals surface area contributed by atoms with Crippen molar-refractivity contribution in [2.75, 3.05) is 0 Å². The first kappa shape index (κ1) is 33.0. The Bertz CT molecular complexity index is 907. The van der Waals surface area contributed by atoms with Crippen molar-refractivity contribution in [1.82, 2.24) is 0 Å². The van der Waals surface area contributed by atoms with Crippen LogP contribution < -0.4 is 0 Å². The smallest absolute Gasteiger partial charge is 0.205 e. The van der Waals surface area contributed by atoms with E-state index in [1.807, 2.05) is 28.1 Å². The minimum Gasteiger partial charge on any atom is -0.205 e. The normalized spacial score (nSPS) is 12.1. The molecule has 0 bridgehead atoms. The molecular formula is C24H24Br2Cl2F6. The van der Waals surface area contributed by atoms with Crippen molar-refractivity contribution in [3.63, 3.8) is 0 Å². The van der Waals surface area contributed by atoms with Crippen LogP contribution in [0.4, 0.5) is 26.3 Å². The van der Waals surface area contributed by atoms with E-state index in [4.69, 9.17) is 23.2 Å². The Kier molecular flexibility index (Phi) is 16.2. The molecule has 0 amide bonds. The second-order valence-corrected chi connectivity index (χ2v) is 10.2. The molecule has 0 heterocycles. The molecule has 2 aromatic rings. The molecule has 10 heteroatoms. The highest BCUT2D eigenvalue weighted by Gasteiger charge is 2.24. The maximum absolute atomic E-state index is 13.3. The molecule has 34 heavy (non-hydrogen) atoms. The zero-order valence-corrected chi connectivity index (χ0v) is 23.4. The van der Waals surface area contributed by atoms with Gasteiger partial charge in [0.25, 0.3) is 0 Å². The van der Waals surface area contributed by atoms with Crippen LogP contribution in [0, 0.1) is 11.8 Å². The molecule has 0 fully saturated rings. The summed E-state index contributed by atoms with van der Waals surface area (Å²) in [6.07, 6.45) is -4.58. The van der Waals surface area contributed by atoms with Gasteiger partial charge in [0.1, 0.15) is 0 Å². The van der Waals surface area contributed by atoms with E-state index in [1.54, 1.807) is 38.1 Å². The summed E-state index contributed by atoms with van der Waals surface area (Å²) in [4.78, 5) is 0.426. The van der Waals surface area contributed by atoms with Crippen molar-refractivity contribution in [3.8, 4) is 0 Å². The summed E-state index contributed by atoms with van der Waals surface area (Å²) in [5.74, 6) is -1.92. The summed E-state index contributed by atoms with van der Waals surface area (Å²) >= 11 is 17.0. The second-order valence-electron chi connectivity index (χ2n) is 7.60. The Morgan fingerprint density at radius 1 is 0.647 bits per heavy atom. The lowest BCUT2D eigenvalue weighted by Crippen LogP contribution is -2.08. The van der Waals surface area contributed by atoms with Crippen molar-refractivity contribution in [3.05, 3.63) is 92.4 Å². The van der Waals surface area contributed by atoms with Gasteiger partial charge in [0.2, 0.25) is 4.74 Å². The number of allylic oxidation sites excluding steroid dienone is 1. The van der Waals surface area contributed by atoms with Crippen LogP contribution in [0.2, 0.25) is 10.0 Å². The van der Waals surface area contributed by atoms with Gasteiger partial charge in [-0.2, -0.15) is 22.0 Å². The lowest BCUT2D eigenvalue weighted by molar-refractivity contribution is 0.341. The average molecular weight is 657 g/mol. The molecule has 0 aliphatic carbocycles. The van der Waals surface area contributed by atoms with E-state index in [0.717, 1.165) is 5.02 Å². The first-order valence-electron chi connectivity index (χ1n) is 9.90. The standard InChI is InChI=1S/C12H12ClF3.C10H12BrCl.C2BrF3/c1-7(2)10(11(14)12(15)16)8-3-5-9(13)6-4-8;1-7(2)10(11)8-3-5-9(12)6-4-8;3-1(4)2(5)6/h3-7,10H,1-2H3;3-7,10H,1-2H3;. The molecule has 190 valence electrons. The topological polar surface area (TPSA) is 0 Å². The Labute approximate surface area is 223 Å². The fourth-order valence-electron chi connectivity index (χ4n) is 2.64. The summed E-state index contributed by atoms with van der Waals surface area (Å²) in [6, 6.07) is 14.2. The predicted molar refractivity (Wildman–Crippen MR) is 137 cm³/mol. The molecule has 0 aliphatic rings. The third-order valence-electron chi connectivity index (χ3n) is 4.27. The van der Waals surface area contributed by atoms with Gasteiger partial charge in [0.05, 0.1) is 0 Å². The van der Waals surface area contributed by atoms with Crippen LogP contribution in [0.25, 0.3) is 0 Å². The second kappa shape index (κ2) is 16.7. The van der Waals surface area contributed by atoms with E-state index in [0.29, 0.717) is 21.3 Å². The molecule has 2 unspecified atom stereocenters. The highest BCUT2D eigenvalue weighted by molar-refractivity contribution is 9.11. The Balaban J connectivity index is 0.000000532. The van der Waals surface area contributed by atoms with Gasteiger partial charge in [-0.1, -0.05) is 91.1 Å². The highest BCUT2D eigenvalue weighted by Crippen LogP contribution is 2.35. The number of benzene rings is 2. The van der Waals surface area contributed by atoms with Crippen LogP contribution in [-0.2, 0) is 0 Å². The summed E-state index contributed by atoms with van der Waals surface area (Å²) in [5, 5.41) is 1.29. The van der Waals surface area contributed by atoms with Crippen molar-refractivity contribution in [1.29, 1.82) is 0 Å². The minimum atomic E-state index is -2.32. The molecule has 0 spiro atoms. The third-order valence-corrected chi connectivity index (χ3v) is 6.66. The minimum absolute atomic E-state index is 0.248. The Morgan fingerprint density at radius 3 is 1.26 bits per heavy atom. The van der Waals surface area contributed by atoms with Crippen LogP contribution in [0.15, 0.2) is 71.3 Å². The highest BCUT2D eigenvalue weighted by atomic mass is 79.9. The first-order valence-corrected chi connectivity index (χ1v) is 12.4. The predicted octanol–water partition coefficient (Wildman–Crippen LogP) is 12.0. The van der Waals surface area contributed by atoms with Gasteiger partial charge < -0.3 is 0 Å². The van der Waals surface area contributed by atoms with Crippen LogP contribution in [0.5, 0.6) is 0 Å². The molecule has 0 aliphatic heterocycles. The molecule has 0 radical (unpaired) electrons. The number of hydrogen-bond donors (Lipinski definition) is 0. The SMILES string of the molecule is CC(C)C(Br)c1ccc(Cl)cc1.CC(C)C(C(F)=C(F)F)c1ccc(Cl)cc1.FC(F)=C(F)Br. The van der Waals surface area contributed by atoms with Gasteiger partial charge in [0.15, 0.2) is 5.83 Å². The van der Waals surface area contributed by atoms with Crippen molar-refractivity contribution in [2.45, 2.75) is 38.4 Å². The van der Waals surface area contributed by atoms with Crippen LogP contribution in [0.3, 0.4) is 0 Å². The number of alkyl halides is 1. The molecule has 0 N–H and O–H groups in total. The van der Waals surface area contributed by atoms with Gasteiger partial charge >= 0.3 is 12.2 Å². The Morgan fingerprint density at radius 2 is 1.00 bits per heavy atom. The van der Waals surface area contributed by atoms with E-state index in [1.165, 1.54) is 5.56 Å². The van der Waals surface area contributed by atoms with E-state index in [9.17, 15) is 26.3 Å². The maximum atomic E-state index is 13.3. The molecule has 0 saturated heterocycles. The van der Waals surface area contributed by atoms with Crippen molar-refractivity contribution < 1.29 is 26.3 Å². The summed E-state index contributed by atoms with van der Waals surface area (Å²) in [6.45, 7) is 7.77. The zero-order chi connectivity index (χ0) is 26.6. The van der Waals surface area contributed by atoms with Crippen molar-refractivity contribution >= 4 is 55.1 Å². The number of rotatable bonds is 5. The number of hydrogen-bond acceptors (Lipinski definition) is 0. The molecule has 0 aromatic heterocycles. The van der Waals surface area contributed by atoms with Crippen LogP contribution in [-0.4, -0.2) is 0 Å². The fraction of sp³-hybridized carbons (Fsp3) is 0.333. The van der Waals surface area contributed by atoms with Gasteiger partial charge in [-0.3, -0.25) is 0 Å². The average Bonchev–Trinajstić information content (AvgIpc) is 2.75. The molecule has 0 nitrogen and oxygen atoms in total. The fourth-order valence-corrected chi connectivity index (χ4v) is 3.20. The van der Waals surface area contributed by atoms with Gasteiger partial charge in [-0.15, -0.1) is 0 Å². The van der Waals surface area contributed by atoms with E-state index in [2.05, 4.69) is 41.9 Å². The Hall–Kier alpha value is -0.960. The summed E-state index contributed by atoms with van der Waals surface area (Å²) in [5.41, 5.74) is 1.79. The number of halogens is 10. The quantitative estimate of drug-likeness (QED) is 0.222. The molecular weight excluding hydrogens is 633 g/mol. The first-order chi connectivity index (χ1) is 15.7. The third kappa shape index (κ3) is 12.7. The van der Waals surface area contributed by atoms with Gasteiger partial charge in [0, 0.05) is 20.8 Å². The van der Waals surface area contributed by atoms with E-state index < -0.39 is 28.6 Å². The monoisotopic (exact) mass is 654 g/mol. The van der Waals surface area contributed by atoms with Gasteiger partial charge in [-0.05, 0) is 63.2 Å². The largest absolute Gasteiger partial charge is 0.312 e. The molecule has 2 aromatic carbocycles. The molecule has 2 rings (SSSR count). The summed E-state index contributed by atoms with van der Waals surface area (Å²) in [7, 11) is 0. The maximum Gasteiger partial charge on any atom is 0.312 e. The lowest BCUT2D eigenvalue weighted by atomic mass is 9.87. The lowest BCUT2D eigenvalue weighted by Gasteiger charge is -2.19. The molecule has 2 atom stereocenters. The van der Waals surface area contributed by atoms with Gasteiger partial charge in [-0.25, -0.2) is 4.39 Å².